The van der Waals surface area contributed by atoms with Crippen molar-refractivity contribution in [2.45, 2.75) is 20.3 Å². The number of nitrogens with two attached hydrogens (primary N) is 1. The van der Waals surface area contributed by atoms with Crippen LogP contribution in [0.15, 0.2) is 18.2 Å². The Morgan fingerprint density at radius 3 is 2.71 bits per heavy atom. The van der Waals surface area contributed by atoms with Crippen molar-refractivity contribution in [3.8, 4) is 0 Å². The first-order valence-electron chi connectivity index (χ1n) is 5.91. The lowest BCUT2D eigenvalue weighted by molar-refractivity contribution is -0.130. The van der Waals surface area contributed by atoms with Crippen LogP contribution in [0.3, 0.4) is 0 Å². The molecule has 0 fully saturated rings. The molecule has 0 aliphatic carbocycles. The van der Waals surface area contributed by atoms with Crippen molar-refractivity contribution in [1.29, 1.82) is 0 Å². The van der Waals surface area contributed by atoms with Gasteiger partial charge in [-0.2, -0.15) is 0 Å². The van der Waals surface area contributed by atoms with Crippen molar-refractivity contribution < 1.29 is 4.79 Å². The summed E-state index contributed by atoms with van der Waals surface area (Å²) in [5.41, 5.74) is 5.56. The first kappa shape index (κ1) is 13.3. The number of aromatic nitrogens is 1. The molecule has 17 heavy (non-hydrogen) atoms. The van der Waals surface area contributed by atoms with E-state index in [0.717, 1.165) is 13.1 Å². The van der Waals surface area contributed by atoms with E-state index in [9.17, 15) is 4.79 Å². The Hall–Kier alpha value is -1.78. The first-order valence-corrected chi connectivity index (χ1v) is 5.91. The van der Waals surface area contributed by atoms with Gasteiger partial charge in [-0.25, -0.2) is 4.98 Å². The van der Waals surface area contributed by atoms with Gasteiger partial charge in [0.25, 0.3) is 0 Å². The lowest BCUT2D eigenvalue weighted by Gasteiger charge is -2.18. The summed E-state index contributed by atoms with van der Waals surface area (Å²) in [5.74, 6) is 1.34. The fraction of sp³-hybridized carbons (Fsp3) is 0.500. The SMILES string of the molecule is CCN(CC)C(=O)CCNc1cccc(N)n1. The van der Waals surface area contributed by atoms with E-state index >= 15 is 0 Å². The lowest BCUT2D eigenvalue weighted by Crippen LogP contribution is -2.31. The van der Waals surface area contributed by atoms with Gasteiger partial charge in [-0.3, -0.25) is 4.79 Å². The molecule has 0 bridgehead atoms. The van der Waals surface area contributed by atoms with Gasteiger partial charge in [0.15, 0.2) is 0 Å². The second kappa shape index (κ2) is 6.73. The number of amides is 1. The highest BCUT2D eigenvalue weighted by Crippen LogP contribution is 2.05. The zero-order valence-electron chi connectivity index (χ0n) is 10.4. The predicted octanol–water partition coefficient (Wildman–Crippen LogP) is 1.33. The Balaban J connectivity index is 2.35. The molecule has 1 heterocycles. The van der Waals surface area contributed by atoms with Crippen LogP contribution in [0.2, 0.25) is 0 Å². The quantitative estimate of drug-likeness (QED) is 0.781. The second-order valence-electron chi connectivity index (χ2n) is 3.69. The number of rotatable bonds is 6. The maximum absolute atomic E-state index is 11.7. The normalized spacial score (nSPS) is 10.0. The molecule has 0 saturated carbocycles. The van der Waals surface area contributed by atoms with Crippen molar-refractivity contribution in [1.82, 2.24) is 9.88 Å². The number of nitrogens with zero attached hydrogens (tertiary/aromatic N) is 2. The molecule has 1 rings (SSSR count). The fourth-order valence-electron chi connectivity index (χ4n) is 1.58. The molecule has 94 valence electrons. The highest BCUT2D eigenvalue weighted by Gasteiger charge is 2.08. The number of hydrogen-bond acceptors (Lipinski definition) is 4. The molecule has 1 amide bonds. The van der Waals surface area contributed by atoms with E-state index < -0.39 is 0 Å². The van der Waals surface area contributed by atoms with Gasteiger partial charge in [0, 0.05) is 26.1 Å². The van der Waals surface area contributed by atoms with Gasteiger partial charge in [-0.15, -0.1) is 0 Å². The van der Waals surface area contributed by atoms with Crippen LogP contribution in [0.5, 0.6) is 0 Å². The lowest BCUT2D eigenvalue weighted by atomic mass is 10.3. The highest BCUT2D eigenvalue weighted by atomic mass is 16.2. The molecule has 0 spiro atoms. The number of hydrogen-bond donors (Lipinski definition) is 2. The monoisotopic (exact) mass is 236 g/mol. The Bertz CT molecular complexity index is 363. The first-order chi connectivity index (χ1) is 8.17. The summed E-state index contributed by atoms with van der Waals surface area (Å²) in [5, 5.41) is 3.08. The van der Waals surface area contributed by atoms with Gasteiger partial charge in [-0.05, 0) is 26.0 Å². The average Bonchev–Trinajstić information content (AvgIpc) is 2.30. The average molecular weight is 236 g/mol. The molecule has 0 aliphatic rings. The van der Waals surface area contributed by atoms with Gasteiger partial charge in [-0.1, -0.05) is 6.07 Å². The summed E-state index contributed by atoms with van der Waals surface area (Å²) < 4.78 is 0. The number of carbonyl (C=O) groups excluding carboxylic acids is 1. The van der Waals surface area contributed by atoms with Gasteiger partial charge in [0.05, 0.1) is 0 Å². The molecule has 0 aliphatic heterocycles. The van der Waals surface area contributed by atoms with Crippen LogP contribution in [0, 0.1) is 0 Å². The minimum atomic E-state index is 0.159. The number of anilines is 2. The number of carbonyl (C=O) groups is 1. The third-order valence-corrected chi connectivity index (χ3v) is 2.53. The van der Waals surface area contributed by atoms with Crippen molar-refractivity contribution in [2.24, 2.45) is 0 Å². The molecule has 5 heteroatoms. The van der Waals surface area contributed by atoms with Crippen LogP contribution in [0.4, 0.5) is 11.6 Å². The largest absolute Gasteiger partial charge is 0.384 e. The summed E-state index contributed by atoms with van der Waals surface area (Å²) in [6.45, 7) is 6.05. The summed E-state index contributed by atoms with van der Waals surface area (Å²) in [6.07, 6.45) is 0.470. The van der Waals surface area contributed by atoms with E-state index in [2.05, 4.69) is 10.3 Å². The smallest absolute Gasteiger partial charge is 0.224 e. The van der Waals surface area contributed by atoms with E-state index in [1.165, 1.54) is 0 Å². The Morgan fingerprint density at radius 2 is 2.12 bits per heavy atom. The Morgan fingerprint density at radius 1 is 1.41 bits per heavy atom. The zero-order valence-corrected chi connectivity index (χ0v) is 10.4. The second-order valence-corrected chi connectivity index (χ2v) is 3.69. The van der Waals surface area contributed by atoms with Crippen LogP contribution in [0.25, 0.3) is 0 Å². The van der Waals surface area contributed by atoms with E-state index in [0.29, 0.717) is 24.6 Å². The molecule has 1 aromatic heterocycles. The third-order valence-electron chi connectivity index (χ3n) is 2.53. The third kappa shape index (κ3) is 4.30. The van der Waals surface area contributed by atoms with E-state index in [1.54, 1.807) is 6.07 Å². The van der Waals surface area contributed by atoms with E-state index in [1.807, 2.05) is 30.9 Å². The molecule has 5 nitrogen and oxygen atoms in total. The van der Waals surface area contributed by atoms with Gasteiger partial charge in [0.1, 0.15) is 11.6 Å². The fourth-order valence-corrected chi connectivity index (χ4v) is 1.58. The molecular weight excluding hydrogens is 216 g/mol. The predicted molar refractivity (Wildman–Crippen MR) is 69.7 cm³/mol. The topological polar surface area (TPSA) is 71.2 Å². The Labute approximate surface area is 102 Å². The minimum Gasteiger partial charge on any atom is -0.384 e. The minimum absolute atomic E-state index is 0.159. The molecule has 3 N–H and O–H groups in total. The molecule has 0 atom stereocenters. The molecule has 0 radical (unpaired) electrons. The Kier molecular flexibility index (Phi) is 5.26. The van der Waals surface area contributed by atoms with Gasteiger partial charge < -0.3 is 16.0 Å². The van der Waals surface area contributed by atoms with Gasteiger partial charge >= 0.3 is 0 Å². The summed E-state index contributed by atoms with van der Waals surface area (Å²) in [6, 6.07) is 5.39. The molecule has 0 unspecified atom stereocenters. The molecule has 0 aromatic carbocycles. The number of nitrogen functional groups attached to an aromatic ring is 1. The summed E-state index contributed by atoms with van der Waals surface area (Å²) >= 11 is 0. The van der Waals surface area contributed by atoms with E-state index in [-0.39, 0.29) is 5.91 Å². The highest BCUT2D eigenvalue weighted by molar-refractivity contribution is 5.76. The van der Waals surface area contributed by atoms with Crippen molar-refractivity contribution in [3.05, 3.63) is 18.2 Å². The molecule has 0 saturated heterocycles. The maximum atomic E-state index is 11.7. The van der Waals surface area contributed by atoms with Crippen LogP contribution in [0.1, 0.15) is 20.3 Å². The number of nitrogens with one attached hydrogen (secondary N) is 1. The maximum Gasteiger partial charge on any atom is 0.224 e. The van der Waals surface area contributed by atoms with Crippen LogP contribution < -0.4 is 11.1 Å². The van der Waals surface area contributed by atoms with Crippen molar-refractivity contribution in [3.63, 3.8) is 0 Å². The standard InChI is InChI=1S/C12H20N4O/c1-3-16(4-2)12(17)8-9-14-11-7-5-6-10(13)15-11/h5-7H,3-4,8-9H2,1-2H3,(H3,13,14,15). The van der Waals surface area contributed by atoms with Gasteiger partial charge in [0.2, 0.25) is 5.91 Å². The van der Waals surface area contributed by atoms with Crippen molar-refractivity contribution >= 4 is 17.5 Å². The zero-order chi connectivity index (χ0) is 12.7. The molecular formula is C12H20N4O. The van der Waals surface area contributed by atoms with Crippen LogP contribution in [-0.2, 0) is 4.79 Å². The summed E-state index contributed by atoms with van der Waals surface area (Å²) in [7, 11) is 0. The van der Waals surface area contributed by atoms with E-state index in [4.69, 9.17) is 5.73 Å². The molecule has 1 aromatic rings. The van der Waals surface area contributed by atoms with Crippen LogP contribution >= 0.6 is 0 Å². The summed E-state index contributed by atoms with van der Waals surface area (Å²) in [4.78, 5) is 17.6. The van der Waals surface area contributed by atoms with Crippen molar-refractivity contribution in [2.75, 3.05) is 30.7 Å². The number of pyridine rings is 1. The van der Waals surface area contributed by atoms with Crippen LogP contribution in [-0.4, -0.2) is 35.4 Å².